The second-order valence-electron chi connectivity index (χ2n) is 4.67. The van der Waals surface area contributed by atoms with Crippen molar-refractivity contribution in [2.75, 3.05) is 6.54 Å². The van der Waals surface area contributed by atoms with Crippen LogP contribution in [0.15, 0.2) is 35.3 Å². The van der Waals surface area contributed by atoms with E-state index in [0.29, 0.717) is 17.8 Å². The van der Waals surface area contributed by atoms with Crippen LogP contribution < -0.4 is 10.9 Å². The van der Waals surface area contributed by atoms with Crippen molar-refractivity contribution in [1.82, 2.24) is 9.88 Å². The van der Waals surface area contributed by atoms with Gasteiger partial charge in [0.05, 0.1) is 4.88 Å². The van der Waals surface area contributed by atoms with E-state index >= 15 is 0 Å². The van der Waals surface area contributed by atoms with Gasteiger partial charge in [0.2, 0.25) is 0 Å². The third-order valence-corrected chi connectivity index (χ3v) is 4.28. The molecule has 0 bridgehead atoms. The summed E-state index contributed by atoms with van der Waals surface area (Å²) in [4.78, 5) is 36.7. The highest BCUT2D eigenvalue weighted by Crippen LogP contribution is 2.17. The van der Waals surface area contributed by atoms with Gasteiger partial charge in [-0.3, -0.25) is 14.4 Å². The summed E-state index contributed by atoms with van der Waals surface area (Å²) >= 11 is 1.43. The standard InChI is InChI=1S/C15H16N2O3S/c1-10(18)13-6-5-11(21-13)7-8-16-14(19)12-4-3-9-17(2)15(12)20/h3-6,9H,7-8H2,1-2H3,(H,16,19). The van der Waals surface area contributed by atoms with E-state index in [4.69, 9.17) is 0 Å². The van der Waals surface area contributed by atoms with E-state index in [9.17, 15) is 14.4 Å². The molecule has 0 unspecified atom stereocenters. The summed E-state index contributed by atoms with van der Waals surface area (Å²) in [5.74, 6) is -0.331. The summed E-state index contributed by atoms with van der Waals surface area (Å²) in [5, 5.41) is 2.72. The van der Waals surface area contributed by atoms with E-state index in [-0.39, 0.29) is 22.8 Å². The molecule has 110 valence electrons. The Kier molecular flexibility index (Phi) is 4.70. The van der Waals surface area contributed by atoms with E-state index in [1.54, 1.807) is 25.4 Å². The maximum Gasteiger partial charge on any atom is 0.263 e. The van der Waals surface area contributed by atoms with Gasteiger partial charge in [-0.1, -0.05) is 0 Å². The van der Waals surface area contributed by atoms with E-state index in [0.717, 1.165) is 4.88 Å². The van der Waals surface area contributed by atoms with Crippen molar-refractivity contribution >= 4 is 23.0 Å². The van der Waals surface area contributed by atoms with Crippen LogP contribution >= 0.6 is 11.3 Å². The smallest absolute Gasteiger partial charge is 0.263 e. The zero-order valence-electron chi connectivity index (χ0n) is 11.9. The van der Waals surface area contributed by atoms with Crippen LogP contribution in [0.1, 0.15) is 31.8 Å². The van der Waals surface area contributed by atoms with Crippen molar-refractivity contribution in [3.8, 4) is 0 Å². The van der Waals surface area contributed by atoms with Gasteiger partial charge in [-0.15, -0.1) is 11.3 Å². The molecule has 21 heavy (non-hydrogen) atoms. The Morgan fingerprint density at radius 1 is 1.29 bits per heavy atom. The van der Waals surface area contributed by atoms with Gasteiger partial charge in [0, 0.05) is 24.7 Å². The van der Waals surface area contributed by atoms with Crippen LogP contribution in [-0.4, -0.2) is 22.8 Å². The van der Waals surface area contributed by atoms with E-state index in [1.165, 1.54) is 28.9 Å². The molecule has 0 saturated carbocycles. The van der Waals surface area contributed by atoms with Gasteiger partial charge in [-0.25, -0.2) is 0 Å². The summed E-state index contributed by atoms with van der Waals surface area (Å²) < 4.78 is 1.37. The molecule has 2 heterocycles. The van der Waals surface area contributed by atoms with Gasteiger partial charge in [0.15, 0.2) is 5.78 Å². The van der Waals surface area contributed by atoms with Crippen molar-refractivity contribution in [3.63, 3.8) is 0 Å². The van der Waals surface area contributed by atoms with Crippen molar-refractivity contribution in [2.45, 2.75) is 13.3 Å². The average Bonchev–Trinajstić information content (AvgIpc) is 2.91. The number of nitrogens with zero attached hydrogens (tertiary/aromatic N) is 1. The molecule has 0 spiro atoms. The number of hydrogen-bond donors (Lipinski definition) is 1. The molecule has 0 radical (unpaired) electrons. The first-order valence-corrected chi connectivity index (χ1v) is 7.34. The lowest BCUT2D eigenvalue weighted by Gasteiger charge is -2.05. The lowest BCUT2D eigenvalue weighted by atomic mass is 10.2. The average molecular weight is 304 g/mol. The number of amides is 1. The van der Waals surface area contributed by atoms with E-state index in [2.05, 4.69) is 5.32 Å². The minimum atomic E-state index is -0.375. The van der Waals surface area contributed by atoms with Crippen LogP contribution in [0.3, 0.4) is 0 Å². The number of thiophene rings is 1. The third kappa shape index (κ3) is 3.66. The molecule has 6 heteroatoms. The topological polar surface area (TPSA) is 68.2 Å². The lowest BCUT2D eigenvalue weighted by Crippen LogP contribution is -2.32. The number of aryl methyl sites for hydroxylation is 1. The van der Waals surface area contributed by atoms with Crippen molar-refractivity contribution < 1.29 is 9.59 Å². The maximum atomic E-state index is 11.9. The summed E-state index contributed by atoms with van der Waals surface area (Å²) in [6.45, 7) is 1.96. The molecular weight excluding hydrogens is 288 g/mol. The summed E-state index contributed by atoms with van der Waals surface area (Å²) in [6.07, 6.45) is 2.24. The Balaban J connectivity index is 1.93. The maximum absolute atomic E-state index is 11.9. The Bertz CT molecular complexity index is 731. The third-order valence-electron chi connectivity index (χ3n) is 3.03. The summed E-state index contributed by atoms with van der Waals surface area (Å²) in [6, 6.07) is 6.84. The fourth-order valence-corrected chi connectivity index (χ4v) is 2.77. The normalized spacial score (nSPS) is 10.4. The van der Waals surface area contributed by atoms with Gasteiger partial charge >= 0.3 is 0 Å². The highest BCUT2D eigenvalue weighted by Gasteiger charge is 2.10. The number of rotatable bonds is 5. The molecule has 0 saturated heterocycles. The summed E-state index contributed by atoms with van der Waals surface area (Å²) in [7, 11) is 1.61. The highest BCUT2D eigenvalue weighted by atomic mass is 32.1. The Hall–Kier alpha value is -2.21. The number of carbonyl (C=O) groups is 2. The molecule has 0 fully saturated rings. The molecule has 1 N–H and O–H groups in total. The molecule has 2 aromatic rings. The zero-order chi connectivity index (χ0) is 15.4. The summed E-state index contributed by atoms with van der Waals surface area (Å²) in [5.41, 5.74) is -0.180. The number of ketones is 1. The molecule has 0 atom stereocenters. The second-order valence-corrected chi connectivity index (χ2v) is 5.83. The van der Waals surface area contributed by atoms with Crippen molar-refractivity contribution in [2.24, 2.45) is 7.05 Å². The Labute approximate surface area is 126 Å². The van der Waals surface area contributed by atoms with Crippen LogP contribution in [-0.2, 0) is 13.5 Å². The first-order valence-electron chi connectivity index (χ1n) is 6.52. The first-order chi connectivity index (χ1) is 9.99. The van der Waals surface area contributed by atoms with Crippen molar-refractivity contribution in [3.05, 3.63) is 56.1 Å². The number of pyridine rings is 1. The molecular formula is C15H16N2O3S. The quantitative estimate of drug-likeness (QED) is 0.854. The Morgan fingerprint density at radius 3 is 2.71 bits per heavy atom. The number of hydrogen-bond acceptors (Lipinski definition) is 4. The molecule has 2 rings (SSSR count). The first kappa shape index (κ1) is 15.2. The predicted molar refractivity (Wildman–Crippen MR) is 82.0 cm³/mol. The van der Waals surface area contributed by atoms with E-state index in [1.807, 2.05) is 6.07 Å². The SMILES string of the molecule is CC(=O)c1ccc(CCNC(=O)c2cccn(C)c2=O)s1. The lowest BCUT2D eigenvalue weighted by molar-refractivity contribution is 0.0951. The second kappa shape index (κ2) is 6.49. The predicted octanol–water partition coefficient (Wildman–Crippen LogP) is 1.62. The zero-order valence-corrected chi connectivity index (χ0v) is 12.7. The van der Waals surface area contributed by atoms with Crippen LogP contribution in [0.4, 0.5) is 0 Å². The minimum Gasteiger partial charge on any atom is -0.352 e. The Morgan fingerprint density at radius 2 is 2.05 bits per heavy atom. The van der Waals surface area contributed by atoms with Gasteiger partial charge in [-0.05, 0) is 37.6 Å². The largest absolute Gasteiger partial charge is 0.352 e. The number of carbonyl (C=O) groups excluding carboxylic acids is 2. The molecule has 0 aliphatic rings. The van der Waals surface area contributed by atoms with Gasteiger partial charge in [0.1, 0.15) is 5.56 Å². The van der Waals surface area contributed by atoms with Crippen LogP contribution in [0.5, 0.6) is 0 Å². The minimum absolute atomic E-state index is 0.0445. The molecule has 5 nitrogen and oxygen atoms in total. The monoisotopic (exact) mass is 304 g/mol. The van der Waals surface area contributed by atoms with Crippen LogP contribution in [0.2, 0.25) is 0 Å². The highest BCUT2D eigenvalue weighted by molar-refractivity contribution is 7.14. The number of aromatic nitrogens is 1. The fourth-order valence-electron chi connectivity index (χ4n) is 1.87. The van der Waals surface area contributed by atoms with Crippen molar-refractivity contribution in [1.29, 1.82) is 0 Å². The van der Waals surface area contributed by atoms with Crippen LogP contribution in [0, 0.1) is 0 Å². The molecule has 0 aliphatic carbocycles. The van der Waals surface area contributed by atoms with Crippen LogP contribution in [0.25, 0.3) is 0 Å². The molecule has 0 aliphatic heterocycles. The molecule has 2 aromatic heterocycles. The number of nitrogens with one attached hydrogen (secondary N) is 1. The van der Waals surface area contributed by atoms with Gasteiger partial charge in [0.25, 0.3) is 11.5 Å². The van der Waals surface area contributed by atoms with E-state index < -0.39 is 0 Å². The molecule has 1 amide bonds. The number of Topliss-reactive ketones (excluding diaryl/α,β-unsaturated/α-hetero) is 1. The molecule has 0 aromatic carbocycles. The van der Waals surface area contributed by atoms with Gasteiger partial charge < -0.3 is 9.88 Å². The van der Waals surface area contributed by atoms with Gasteiger partial charge in [-0.2, -0.15) is 0 Å². The fraction of sp³-hybridized carbons (Fsp3) is 0.267.